The second-order valence-electron chi connectivity index (χ2n) is 6.45. The van der Waals surface area contributed by atoms with Gasteiger partial charge in [0.05, 0.1) is 0 Å². The molecule has 108 valence electrons. The first-order valence-electron chi connectivity index (χ1n) is 6.47. The van der Waals surface area contributed by atoms with Gasteiger partial charge in [-0.25, -0.2) is 13.6 Å². The molecule has 4 nitrogen and oxygen atoms in total. The standard InChI is InChI=1S/C13H19F2NO3/c1-12(2,3)19-11(18)16-6-8-4-13(14,15)5-9(7-16)10(8)17/h8-9H,4-7H2,1-3H3. The number of hydrogen-bond donors (Lipinski definition) is 0. The second-order valence-corrected chi connectivity index (χ2v) is 6.45. The van der Waals surface area contributed by atoms with E-state index in [0.717, 1.165) is 0 Å². The Labute approximate surface area is 111 Å². The van der Waals surface area contributed by atoms with E-state index in [9.17, 15) is 18.4 Å². The molecule has 0 spiro atoms. The van der Waals surface area contributed by atoms with Gasteiger partial charge < -0.3 is 9.64 Å². The molecule has 2 atom stereocenters. The summed E-state index contributed by atoms with van der Waals surface area (Å²) >= 11 is 0. The number of Topliss-reactive ketones (excluding diaryl/α,β-unsaturated/α-hetero) is 1. The van der Waals surface area contributed by atoms with Crippen LogP contribution in [0.25, 0.3) is 0 Å². The molecule has 1 aliphatic carbocycles. The number of amides is 1. The van der Waals surface area contributed by atoms with Crippen LogP contribution in [-0.2, 0) is 9.53 Å². The number of piperidine rings is 1. The van der Waals surface area contributed by atoms with Gasteiger partial charge in [0.1, 0.15) is 11.4 Å². The van der Waals surface area contributed by atoms with Crippen molar-refractivity contribution in [1.82, 2.24) is 4.90 Å². The molecule has 2 rings (SSSR count). The summed E-state index contributed by atoms with van der Waals surface area (Å²) < 4.78 is 32.0. The number of ketones is 1. The minimum absolute atomic E-state index is 0.0415. The summed E-state index contributed by atoms with van der Waals surface area (Å²) in [4.78, 5) is 25.1. The van der Waals surface area contributed by atoms with Crippen molar-refractivity contribution in [2.24, 2.45) is 11.8 Å². The van der Waals surface area contributed by atoms with Crippen molar-refractivity contribution < 1.29 is 23.1 Å². The Balaban J connectivity index is 2.06. The van der Waals surface area contributed by atoms with Crippen molar-refractivity contribution in [2.45, 2.75) is 45.1 Å². The maximum absolute atomic E-state index is 13.4. The maximum Gasteiger partial charge on any atom is 0.410 e. The summed E-state index contributed by atoms with van der Waals surface area (Å²) in [5.74, 6) is -4.43. The molecular formula is C13H19F2NO3. The highest BCUT2D eigenvalue weighted by atomic mass is 19.3. The molecule has 2 aliphatic rings. The van der Waals surface area contributed by atoms with E-state index in [1.165, 1.54) is 4.90 Å². The lowest BCUT2D eigenvalue weighted by molar-refractivity contribution is -0.151. The molecule has 1 heterocycles. The van der Waals surface area contributed by atoms with Crippen molar-refractivity contribution in [3.05, 3.63) is 0 Å². The number of nitrogens with zero attached hydrogens (tertiary/aromatic N) is 1. The van der Waals surface area contributed by atoms with Crippen molar-refractivity contribution in [1.29, 1.82) is 0 Å². The predicted octanol–water partition coefficient (Wildman–Crippen LogP) is 2.47. The zero-order chi connectivity index (χ0) is 14.4. The van der Waals surface area contributed by atoms with Crippen LogP contribution in [0.4, 0.5) is 13.6 Å². The monoisotopic (exact) mass is 275 g/mol. The first-order chi connectivity index (χ1) is 8.57. The van der Waals surface area contributed by atoms with Crippen LogP contribution in [0.15, 0.2) is 0 Å². The Morgan fingerprint density at radius 1 is 1.26 bits per heavy atom. The van der Waals surface area contributed by atoms with Gasteiger partial charge in [0.2, 0.25) is 5.92 Å². The van der Waals surface area contributed by atoms with Crippen LogP contribution in [0, 0.1) is 11.8 Å². The van der Waals surface area contributed by atoms with Crippen molar-refractivity contribution in [2.75, 3.05) is 13.1 Å². The highest BCUT2D eigenvalue weighted by molar-refractivity contribution is 5.87. The third kappa shape index (κ3) is 3.22. The highest BCUT2D eigenvalue weighted by Gasteiger charge is 2.51. The van der Waals surface area contributed by atoms with Gasteiger partial charge in [-0.05, 0) is 20.8 Å². The van der Waals surface area contributed by atoms with Gasteiger partial charge in [0, 0.05) is 37.8 Å². The quantitative estimate of drug-likeness (QED) is 0.682. The number of hydrogen-bond acceptors (Lipinski definition) is 3. The first-order valence-corrected chi connectivity index (χ1v) is 6.47. The molecule has 2 fully saturated rings. The van der Waals surface area contributed by atoms with Gasteiger partial charge in [-0.1, -0.05) is 0 Å². The van der Waals surface area contributed by atoms with E-state index in [1.807, 2.05) is 0 Å². The molecule has 0 radical (unpaired) electrons. The summed E-state index contributed by atoms with van der Waals surface area (Å²) in [5.41, 5.74) is -0.627. The van der Waals surface area contributed by atoms with Crippen LogP contribution in [0.3, 0.4) is 0 Å². The number of rotatable bonds is 0. The molecule has 1 aliphatic heterocycles. The minimum Gasteiger partial charge on any atom is -0.444 e. The molecule has 0 aromatic carbocycles. The van der Waals surface area contributed by atoms with E-state index in [4.69, 9.17) is 4.74 Å². The molecule has 0 N–H and O–H groups in total. The largest absolute Gasteiger partial charge is 0.444 e. The molecule has 2 bridgehead atoms. The normalized spacial score (nSPS) is 30.2. The molecule has 0 aromatic rings. The van der Waals surface area contributed by atoms with Gasteiger partial charge in [-0.15, -0.1) is 0 Å². The van der Waals surface area contributed by atoms with Crippen molar-refractivity contribution in [3.63, 3.8) is 0 Å². The van der Waals surface area contributed by atoms with Gasteiger partial charge in [-0.3, -0.25) is 4.79 Å². The summed E-state index contributed by atoms with van der Waals surface area (Å²) in [5, 5.41) is 0. The molecule has 1 saturated carbocycles. The Kier molecular flexibility index (Phi) is 3.31. The summed E-state index contributed by atoms with van der Waals surface area (Å²) in [6.45, 7) is 5.32. The Morgan fingerprint density at radius 2 is 1.74 bits per heavy atom. The van der Waals surface area contributed by atoms with Crippen LogP contribution in [-0.4, -0.2) is 41.4 Å². The van der Waals surface area contributed by atoms with E-state index in [-0.39, 0.29) is 18.9 Å². The average molecular weight is 275 g/mol. The fraction of sp³-hybridized carbons (Fsp3) is 0.846. The number of carbonyl (C=O) groups excluding carboxylic acids is 2. The number of likely N-dealkylation sites (tertiary alicyclic amines) is 1. The zero-order valence-electron chi connectivity index (χ0n) is 11.4. The lowest BCUT2D eigenvalue weighted by Gasteiger charge is -2.42. The van der Waals surface area contributed by atoms with Crippen molar-refractivity contribution in [3.8, 4) is 0 Å². The lowest BCUT2D eigenvalue weighted by Crippen LogP contribution is -2.55. The zero-order valence-corrected chi connectivity index (χ0v) is 11.4. The first kappa shape index (κ1) is 14.2. The Hall–Kier alpha value is -1.20. The third-order valence-corrected chi connectivity index (χ3v) is 3.43. The number of ether oxygens (including phenoxy) is 1. The molecule has 6 heteroatoms. The van der Waals surface area contributed by atoms with E-state index in [2.05, 4.69) is 0 Å². The van der Waals surface area contributed by atoms with Crippen LogP contribution in [0.1, 0.15) is 33.6 Å². The molecule has 0 aromatic heterocycles. The van der Waals surface area contributed by atoms with Gasteiger partial charge >= 0.3 is 6.09 Å². The van der Waals surface area contributed by atoms with E-state index in [1.54, 1.807) is 20.8 Å². The fourth-order valence-corrected chi connectivity index (χ4v) is 2.73. The SMILES string of the molecule is CC(C)(C)OC(=O)N1CC2CC(F)(F)CC(C1)C2=O. The van der Waals surface area contributed by atoms with E-state index in [0.29, 0.717) is 0 Å². The molecule has 19 heavy (non-hydrogen) atoms. The second kappa shape index (κ2) is 4.42. The molecule has 1 saturated heterocycles. The Bertz CT molecular complexity index is 383. The van der Waals surface area contributed by atoms with Crippen LogP contribution in [0.2, 0.25) is 0 Å². The molecular weight excluding hydrogens is 256 g/mol. The van der Waals surface area contributed by atoms with E-state index >= 15 is 0 Å². The highest BCUT2D eigenvalue weighted by Crippen LogP contribution is 2.41. The smallest absolute Gasteiger partial charge is 0.410 e. The van der Waals surface area contributed by atoms with Crippen LogP contribution in [0.5, 0.6) is 0 Å². The predicted molar refractivity (Wildman–Crippen MR) is 64.0 cm³/mol. The van der Waals surface area contributed by atoms with Gasteiger partial charge in [-0.2, -0.15) is 0 Å². The summed E-state index contributed by atoms with van der Waals surface area (Å²) in [7, 11) is 0. The fourth-order valence-electron chi connectivity index (χ4n) is 2.73. The molecule has 2 unspecified atom stereocenters. The number of carbonyl (C=O) groups is 2. The summed E-state index contributed by atoms with van der Waals surface area (Å²) in [6.07, 6.45) is -1.44. The Morgan fingerprint density at radius 3 is 2.16 bits per heavy atom. The van der Waals surface area contributed by atoms with Gasteiger partial charge in [0.25, 0.3) is 0 Å². The number of alkyl halides is 2. The van der Waals surface area contributed by atoms with Crippen LogP contribution >= 0.6 is 0 Å². The maximum atomic E-state index is 13.4. The van der Waals surface area contributed by atoms with Gasteiger partial charge in [0.15, 0.2) is 0 Å². The topological polar surface area (TPSA) is 46.6 Å². The van der Waals surface area contributed by atoms with Crippen molar-refractivity contribution >= 4 is 11.9 Å². The van der Waals surface area contributed by atoms with Crippen LogP contribution < -0.4 is 0 Å². The number of fused-ring (bicyclic) bond motifs is 2. The minimum atomic E-state index is -2.79. The number of halogens is 2. The molecule has 1 amide bonds. The lowest BCUT2D eigenvalue weighted by atomic mass is 9.75. The summed E-state index contributed by atoms with van der Waals surface area (Å²) in [6, 6.07) is 0. The van der Waals surface area contributed by atoms with E-state index < -0.39 is 42.3 Å². The average Bonchev–Trinajstić information content (AvgIpc) is 2.17. The third-order valence-electron chi connectivity index (χ3n) is 3.43.